The highest BCUT2D eigenvalue weighted by molar-refractivity contribution is 7.92. The molecule has 1 aromatic rings. The van der Waals surface area contributed by atoms with Crippen LogP contribution in [0.15, 0.2) is 24.3 Å². The minimum atomic E-state index is 0.214. The Kier molecular flexibility index (Phi) is 5.32. The summed E-state index contributed by atoms with van der Waals surface area (Å²) in [7, 11) is 1.53. The Morgan fingerprint density at radius 3 is 2.10 bits per heavy atom. The predicted molar refractivity (Wildman–Crippen MR) is 84.6 cm³/mol. The fraction of sp³-hybridized carbons (Fsp3) is 0.600. The van der Waals surface area contributed by atoms with E-state index in [1.54, 1.807) is 0 Å². The van der Waals surface area contributed by atoms with Crippen molar-refractivity contribution in [1.82, 2.24) is 4.31 Å². The van der Waals surface area contributed by atoms with Crippen molar-refractivity contribution in [2.45, 2.75) is 26.2 Å². The molecule has 0 unspecified atom stereocenters. The lowest BCUT2D eigenvalue weighted by Crippen LogP contribution is -2.43. The fourth-order valence-electron chi connectivity index (χ4n) is 2.27. The molecule has 4 nitrogen and oxygen atoms in total. The van der Waals surface area contributed by atoms with Gasteiger partial charge in [-0.05, 0) is 23.1 Å². The van der Waals surface area contributed by atoms with Crippen molar-refractivity contribution in [3.63, 3.8) is 0 Å². The molecule has 1 saturated heterocycles. The van der Waals surface area contributed by atoms with E-state index in [0.717, 1.165) is 26.2 Å². The number of benzene rings is 1. The van der Waals surface area contributed by atoms with Crippen molar-refractivity contribution in [2.75, 3.05) is 38.2 Å². The molecule has 0 aromatic heterocycles. The maximum absolute atomic E-state index is 4.89. The summed E-state index contributed by atoms with van der Waals surface area (Å²) in [6.07, 6.45) is 0. The average molecular weight is 296 g/mol. The van der Waals surface area contributed by atoms with Crippen LogP contribution < -0.4 is 4.90 Å². The molecule has 0 aliphatic carbocycles. The summed E-state index contributed by atoms with van der Waals surface area (Å²) in [5, 5.41) is 0. The molecule has 1 aliphatic heterocycles. The van der Waals surface area contributed by atoms with Gasteiger partial charge in [0.1, 0.15) is 12.2 Å². The molecule has 20 heavy (non-hydrogen) atoms. The molecule has 0 saturated carbocycles. The van der Waals surface area contributed by atoms with Crippen LogP contribution in [-0.2, 0) is 14.6 Å². The van der Waals surface area contributed by atoms with E-state index in [1.165, 1.54) is 30.6 Å². The van der Waals surface area contributed by atoms with Gasteiger partial charge in [0.05, 0.1) is 7.11 Å². The molecule has 1 fully saturated rings. The first-order valence-electron chi connectivity index (χ1n) is 6.98. The molecule has 0 bridgehead atoms. The first-order valence-corrected chi connectivity index (χ1v) is 7.68. The van der Waals surface area contributed by atoms with E-state index in [9.17, 15) is 0 Å². The van der Waals surface area contributed by atoms with Crippen molar-refractivity contribution in [3.8, 4) is 0 Å². The van der Waals surface area contributed by atoms with Crippen LogP contribution in [0, 0.1) is 0 Å². The third-order valence-electron chi connectivity index (χ3n) is 3.54. The Hall–Kier alpha value is -0.750. The Labute approximate surface area is 126 Å². The number of hydrogen-bond acceptors (Lipinski definition) is 5. The van der Waals surface area contributed by atoms with E-state index in [4.69, 9.17) is 4.33 Å². The molecule has 2 rings (SSSR count). The predicted octanol–water partition coefficient (Wildman–Crippen LogP) is 3.25. The highest BCUT2D eigenvalue weighted by Crippen LogP contribution is 2.26. The van der Waals surface area contributed by atoms with Gasteiger partial charge in [-0.15, -0.1) is 4.33 Å². The summed E-state index contributed by atoms with van der Waals surface area (Å²) < 4.78 is 7.06. The van der Waals surface area contributed by atoms with Gasteiger partial charge in [0.25, 0.3) is 0 Å². The number of rotatable bonds is 4. The lowest BCUT2D eigenvalue weighted by atomic mass is 9.87. The van der Waals surface area contributed by atoms with Crippen molar-refractivity contribution < 1.29 is 9.22 Å². The molecule has 112 valence electrons. The quantitative estimate of drug-likeness (QED) is 0.368. The minimum Gasteiger partial charge on any atom is -0.369 e. The molecule has 0 spiro atoms. The summed E-state index contributed by atoms with van der Waals surface area (Å²) in [6, 6.07) is 8.94. The number of piperazine rings is 1. The van der Waals surface area contributed by atoms with Gasteiger partial charge < -0.3 is 4.90 Å². The lowest BCUT2D eigenvalue weighted by molar-refractivity contribution is -0.163. The molecule has 5 heteroatoms. The third kappa shape index (κ3) is 4.12. The maximum atomic E-state index is 4.89. The second kappa shape index (κ2) is 6.80. The van der Waals surface area contributed by atoms with Crippen LogP contribution in [0.25, 0.3) is 0 Å². The zero-order chi connectivity index (χ0) is 14.6. The van der Waals surface area contributed by atoms with Gasteiger partial charge in [0.15, 0.2) is 0 Å². The maximum Gasteiger partial charge on any atom is 0.121 e. The van der Waals surface area contributed by atoms with Gasteiger partial charge in [-0.25, -0.2) is 9.19 Å². The Morgan fingerprint density at radius 1 is 1.00 bits per heavy atom. The monoisotopic (exact) mass is 296 g/mol. The smallest absolute Gasteiger partial charge is 0.121 e. The lowest BCUT2D eigenvalue weighted by Gasteiger charge is -2.34. The van der Waals surface area contributed by atoms with Crippen LogP contribution in [0.2, 0.25) is 0 Å². The zero-order valence-corrected chi connectivity index (χ0v) is 13.6. The van der Waals surface area contributed by atoms with E-state index in [1.807, 2.05) is 0 Å². The molecule has 1 aromatic carbocycles. The van der Waals surface area contributed by atoms with Crippen molar-refractivity contribution in [2.24, 2.45) is 0 Å². The molecule has 0 radical (unpaired) electrons. The van der Waals surface area contributed by atoms with Crippen LogP contribution >= 0.6 is 12.2 Å². The zero-order valence-electron chi connectivity index (χ0n) is 12.8. The topological polar surface area (TPSA) is 24.9 Å². The average Bonchev–Trinajstić information content (AvgIpc) is 2.45. The van der Waals surface area contributed by atoms with Crippen molar-refractivity contribution in [3.05, 3.63) is 29.8 Å². The molecule has 0 atom stereocenters. The minimum absolute atomic E-state index is 0.214. The van der Waals surface area contributed by atoms with Gasteiger partial charge in [-0.1, -0.05) is 32.9 Å². The van der Waals surface area contributed by atoms with E-state index in [-0.39, 0.29) is 5.41 Å². The normalized spacial score (nSPS) is 17.5. The van der Waals surface area contributed by atoms with Crippen LogP contribution in [0.5, 0.6) is 0 Å². The van der Waals surface area contributed by atoms with E-state index < -0.39 is 0 Å². The van der Waals surface area contributed by atoms with Gasteiger partial charge in [-0.2, -0.15) is 0 Å². The second-order valence-electron chi connectivity index (χ2n) is 6.02. The molecule has 0 N–H and O–H groups in total. The number of nitrogens with zero attached hydrogens (tertiary/aromatic N) is 2. The van der Waals surface area contributed by atoms with Crippen molar-refractivity contribution >= 4 is 17.9 Å². The largest absolute Gasteiger partial charge is 0.369 e. The Bertz CT molecular complexity index is 409. The summed E-state index contributed by atoms with van der Waals surface area (Å²) >= 11 is 1.28. The second-order valence-corrected chi connectivity index (χ2v) is 6.82. The Morgan fingerprint density at radius 2 is 1.60 bits per heavy atom. The number of hydrogen-bond donors (Lipinski definition) is 0. The Balaban J connectivity index is 1.90. The van der Waals surface area contributed by atoms with Gasteiger partial charge in [0, 0.05) is 31.9 Å². The van der Waals surface area contributed by atoms with Crippen LogP contribution in [0.1, 0.15) is 26.3 Å². The van der Waals surface area contributed by atoms with E-state index in [2.05, 4.69) is 59.1 Å². The third-order valence-corrected chi connectivity index (χ3v) is 4.31. The molecule has 1 heterocycles. The summed E-state index contributed by atoms with van der Waals surface area (Å²) in [5.74, 6) is 0. The molecular weight excluding hydrogens is 272 g/mol. The first kappa shape index (κ1) is 15.6. The summed E-state index contributed by atoms with van der Waals surface area (Å²) in [6.45, 7) is 10.7. The van der Waals surface area contributed by atoms with E-state index in [0.29, 0.717) is 0 Å². The SMILES string of the molecule is COOSN1CCN(c2ccc(C(C)(C)C)cc2)CC1. The molecule has 1 aliphatic rings. The number of anilines is 1. The standard InChI is InChI=1S/C15H24N2O2S/c1-15(2,3)13-5-7-14(8-6-13)16-9-11-17(12-10-16)20-19-18-4/h5-8H,9-12H2,1-4H3. The van der Waals surface area contributed by atoms with Crippen molar-refractivity contribution in [1.29, 1.82) is 0 Å². The van der Waals surface area contributed by atoms with Crippen LogP contribution in [0.3, 0.4) is 0 Å². The van der Waals surface area contributed by atoms with Gasteiger partial charge in [0.2, 0.25) is 0 Å². The highest BCUT2D eigenvalue weighted by Gasteiger charge is 2.19. The van der Waals surface area contributed by atoms with E-state index >= 15 is 0 Å². The highest BCUT2D eigenvalue weighted by atomic mass is 32.2. The fourth-order valence-corrected chi connectivity index (χ4v) is 2.73. The first-order chi connectivity index (χ1) is 9.50. The van der Waals surface area contributed by atoms with Crippen LogP contribution in [0.4, 0.5) is 5.69 Å². The van der Waals surface area contributed by atoms with Gasteiger partial charge >= 0.3 is 0 Å². The summed E-state index contributed by atoms with van der Waals surface area (Å²) in [4.78, 5) is 7.02. The summed E-state index contributed by atoms with van der Waals surface area (Å²) in [5.41, 5.74) is 2.89. The van der Waals surface area contributed by atoms with Crippen LogP contribution in [-0.4, -0.2) is 37.6 Å². The molecule has 0 amide bonds. The van der Waals surface area contributed by atoms with Gasteiger partial charge in [-0.3, -0.25) is 0 Å². The molecular formula is C15H24N2O2S.